The van der Waals surface area contributed by atoms with Crippen LogP contribution >= 0.6 is 11.3 Å². The molecule has 0 amide bonds. The summed E-state index contributed by atoms with van der Waals surface area (Å²) >= 11 is 1.35. The summed E-state index contributed by atoms with van der Waals surface area (Å²) in [6, 6.07) is 1.07. The molecule has 0 aliphatic carbocycles. The maximum Gasteiger partial charge on any atom is 0.336 e. The van der Waals surface area contributed by atoms with Gasteiger partial charge in [-0.15, -0.1) is 11.3 Å². The van der Waals surface area contributed by atoms with E-state index in [9.17, 15) is 9.59 Å². The summed E-state index contributed by atoms with van der Waals surface area (Å²) < 4.78 is 5.23. The van der Waals surface area contributed by atoms with Crippen LogP contribution in [0.25, 0.3) is 0 Å². The van der Waals surface area contributed by atoms with Gasteiger partial charge < -0.3 is 9.84 Å². The van der Waals surface area contributed by atoms with Gasteiger partial charge in [0.05, 0.1) is 5.56 Å². The smallest absolute Gasteiger partial charge is 0.336 e. The molecule has 0 saturated carbocycles. The number of carboxylic acid groups (broad SMARTS) is 1. The van der Waals surface area contributed by atoms with Gasteiger partial charge in [0.15, 0.2) is 0 Å². The molecule has 0 spiro atoms. The second-order valence-corrected chi connectivity index (χ2v) is 6.20. The first-order valence-electron chi connectivity index (χ1n) is 5.96. The normalized spacial score (nSPS) is 13.1. The number of ether oxygens (including phenoxy) is 1. The molecular weight excluding hydrogens is 266 g/mol. The van der Waals surface area contributed by atoms with E-state index in [-0.39, 0.29) is 11.5 Å². The predicted molar refractivity (Wildman–Crippen MR) is 73.4 cm³/mol. The van der Waals surface area contributed by atoms with Crippen molar-refractivity contribution in [2.24, 2.45) is 0 Å². The van der Waals surface area contributed by atoms with Crippen molar-refractivity contribution in [3.05, 3.63) is 21.9 Å². The topological polar surface area (TPSA) is 75.6 Å². The maximum atomic E-state index is 11.7. The molecule has 0 radical (unpaired) electrons. The highest BCUT2D eigenvalue weighted by atomic mass is 32.1. The molecular formula is C13H19NO4S. The van der Waals surface area contributed by atoms with E-state index >= 15 is 0 Å². The van der Waals surface area contributed by atoms with Crippen molar-refractivity contribution in [3.8, 4) is 0 Å². The zero-order valence-electron chi connectivity index (χ0n) is 11.5. The minimum absolute atomic E-state index is 0.272. The Morgan fingerprint density at radius 1 is 1.47 bits per heavy atom. The van der Waals surface area contributed by atoms with Crippen LogP contribution in [0.3, 0.4) is 0 Å². The first-order valence-corrected chi connectivity index (χ1v) is 6.84. The summed E-state index contributed by atoms with van der Waals surface area (Å²) in [5.74, 6) is -1.30. The molecule has 6 heteroatoms. The van der Waals surface area contributed by atoms with Crippen molar-refractivity contribution in [1.82, 2.24) is 5.32 Å². The van der Waals surface area contributed by atoms with E-state index in [1.54, 1.807) is 39.1 Å². The second-order valence-electron chi connectivity index (χ2n) is 5.20. The van der Waals surface area contributed by atoms with Crippen molar-refractivity contribution in [2.45, 2.75) is 45.9 Å². The third-order valence-corrected chi connectivity index (χ3v) is 3.23. The van der Waals surface area contributed by atoms with E-state index in [0.717, 1.165) is 0 Å². The number of rotatable bonds is 5. The van der Waals surface area contributed by atoms with E-state index in [1.165, 1.54) is 11.3 Å². The molecule has 2 N–H and O–H groups in total. The number of esters is 1. The third-order valence-electron chi connectivity index (χ3n) is 2.30. The van der Waals surface area contributed by atoms with Gasteiger partial charge in [-0.1, -0.05) is 0 Å². The number of carbonyl (C=O) groups is 2. The minimum Gasteiger partial charge on any atom is -0.478 e. The van der Waals surface area contributed by atoms with E-state index in [2.05, 4.69) is 5.32 Å². The van der Waals surface area contributed by atoms with Gasteiger partial charge in [0.1, 0.15) is 11.6 Å². The summed E-state index contributed by atoms with van der Waals surface area (Å²) in [6.45, 7) is 7.44. The minimum atomic E-state index is -0.956. The molecule has 0 bridgehead atoms. The lowest BCUT2D eigenvalue weighted by atomic mass is 10.2. The largest absolute Gasteiger partial charge is 0.478 e. The molecule has 19 heavy (non-hydrogen) atoms. The molecule has 0 fully saturated rings. The Morgan fingerprint density at radius 3 is 2.63 bits per heavy atom. The predicted octanol–water partition coefficient (Wildman–Crippen LogP) is 2.27. The summed E-state index contributed by atoms with van der Waals surface area (Å²) in [7, 11) is 0. The van der Waals surface area contributed by atoms with Gasteiger partial charge in [0.25, 0.3) is 0 Å². The monoisotopic (exact) mass is 285 g/mol. The number of nitrogens with one attached hydrogen (secondary N) is 1. The van der Waals surface area contributed by atoms with Crippen LogP contribution in [-0.4, -0.2) is 28.7 Å². The van der Waals surface area contributed by atoms with Crippen molar-refractivity contribution in [1.29, 1.82) is 0 Å². The second kappa shape index (κ2) is 6.16. The average Bonchev–Trinajstić information content (AvgIpc) is 2.71. The standard InChI is InChI=1S/C13H19NO4S/c1-8(12(17)18-13(2,3)4)14-7-10-9(11(15)16)5-6-19-10/h5-6,8,14H,7H2,1-4H3,(H,15,16). The van der Waals surface area contributed by atoms with Crippen LogP contribution in [0.1, 0.15) is 42.9 Å². The van der Waals surface area contributed by atoms with Gasteiger partial charge in [0, 0.05) is 11.4 Å². The first kappa shape index (κ1) is 15.7. The van der Waals surface area contributed by atoms with E-state index in [1.807, 2.05) is 0 Å². The van der Waals surface area contributed by atoms with Gasteiger partial charge in [0.2, 0.25) is 0 Å². The number of aromatic carboxylic acids is 1. The van der Waals surface area contributed by atoms with Crippen LogP contribution in [0.5, 0.6) is 0 Å². The molecule has 5 nitrogen and oxygen atoms in total. The number of hydrogen-bond acceptors (Lipinski definition) is 5. The molecule has 1 rings (SSSR count). The zero-order chi connectivity index (χ0) is 14.6. The number of thiophene rings is 1. The fourth-order valence-electron chi connectivity index (χ4n) is 1.39. The number of hydrogen-bond donors (Lipinski definition) is 2. The Balaban J connectivity index is 2.54. The van der Waals surface area contributed by atoms with E-state index in [0.29, 0.717) is 11.4 Å². The highest BCUT2D eigenvalue weighted by Crippen LogP contribution is 2.17. The Bertz CT molecular complexity index is 461. The summed E-state index contributed by atoms with van der Waals surface area (Å²) in [5, 5.41) is 13.7. The summed E-state index contributed by atoms with van der Waals surface area (Å²) in [6.07, 6.45) is 0. The summed E-state index contributed by atoms with van der Waals surface area (Å²) in [5.41, 5.74) is -0.253. The van der Waals surface area contributed by atoms with Crippen LogP contribution < -0.4 is 5.32 Å². The zero-order valence-corrected chi connectivity index (χ0v) is 12.3. The third kappa shape index (κ3) is 5.00. The molecule has 0 aromatic carbocycles. The number of carboxylic acids is 1. The highest BCUT2D eigenvalue weighted by Gasteiger charge is 2.22. The van der Waals surface area contributed by atoms with Crippen molar-refractivity contribution in [3.63, 3.8) is 0 Å². The van der Waals surface area contributed by atoms with E-state index < -0.39 is 17.6 Å². The van der Waals surface area contributed by atoms with E-state index in [4.69, 9.17) is 9.84 Å². The average molecular weight is 285 g/mol. The van der Waals surface area contributed by atoms with Crippen LogP contribution in [0.4, 0.5) is 0 Å². The van der Waals surface area contributed by atoms with Crippen molar-refractivity contribution >= 4 is 23.3 Å². The fourth-order valence-corrected chi connectivity index (χ4v) is 2.20. The molecule has 1 heterocycles. The molecule has 106 valence electrons. The van der Waals surface area contributed by atoms with Gasteiger partial charge in [-0.3, -0.25) is 10.1 Å². The first-order chi connectivity index (χ1) is 8.70. The van der Waals surface area contributed by atoms with Gasteiger partial charge in [-0.2, -0.15) is 0 Å². The van der Waals surface area contributed by atoms with Crippen LogP contribution in [-0.2, 0) is 16.1 Å². The van der Waals surface area contributed by atoms with Gasteiger partial charge in [-0.25, -0.2) is 4.79 Å². The Morgan fingerprint density at radius 2 is 2.11 bits per heavy atom. The van der Waals surface area contributed by atoms with Gasteiger partial charge >= 0.3 is 11.9 Å². The van der Waals surface area contributed by atoms with Crippen LogP contribution in [0, 0.1) is 0 Å². The lowest BCUT2D eigenvalue weighted by molar-refractivity contribution is -0.157. The Labute approximate surface area is 116 Å². The molecule has 0 saturated heterocycles. The Hall–Kier alpha value is -1.40. The lowest BCUT2D eigenvalue weighted by Crippen LogP contribution is -2.38. The molecule has 1 unspecified atom stereocenters. The summed E-state index contributed by atoms with van der Waals surface area (Å²) in [4.78, 5) is 23.4. The molecule has 0 aliphatic rings. The molecule has 1 atom stereocenters. The Kier molecular flexibility index (Phi) is 5.08. The maximum absolute atomic E-state index is 11.7. The SMILES string of the molecule is CC(NCc1sccc1C(=O)O)C(=O)OC(C)(C)C. The van der Waals surface area contributed by atoms with Crippen molar-refractivity contribution in [2.75, 3.05) is 0 Å². The van der Waals surface area contributed by atoms with Crippen LogP contribution in [0.2, 0.25) is 0 Å². The van der Waals surface area contributed by atoms with Gasteiger partial charge in [-0.05, 0) is 39.1 Å². The highest BCUT2D eigenvalue weighted by molar-refractivity contribution is 7.10. The molecule has 1 aromatic rings. The molecule has 1 aromatic heterocycles. The van der Waals surface area contributed by atoms with Crippen molar-refractivity contribution < 1.29 is 19.4 Å². The lowest BCUT2D eigenvalue weighted by Gasteiger charge is -2.22. The molecule has 0 aliphatic heterocycles. The quantitative estimate of drug-likeness (QED) is 0.812. The fraction of sp³-hybridized carbons (Fsp3) is 0.538. The number of carbonyl (C=O) groups excluding carboxylic acids is 1. The van der Waals surface area contributed by atoms with Crippen LogP contribution in [0.15, 0.2) is 11.4 Å².